The number of nitrogens with zero attached hydrogens (tertiary/aromatic N) is 3. The Bertz CT molecular complexity index is 671. The van der Waals surface area contributed by atoms with E-state index in [-0.39, 0.29) is 12.5 Å². The Balaban J connectivity index is 2.07. The Labute approximate surface area is 135 Å². The van der Waals surface area contributed by atoms with Gasteiger partial charge < -0.3 is 20.3 Å². The van der Waals surface area contributed by atoms with Crippen LogP contribution < -0.4 is 15.5 Å². The number of carbonyl (C=O) groups is 1. The number of carbonyl (C=O) groups excluding carboxylic acids is 1. The van der Waals surface area contributed by atoms with Gasteiger partial charge in [-0.15, -0.1) is 0 Å². The van der Waals surface area contributed by atoms with Gasteiger partial charge in [0.05, 0.1) is 0 Å². The van der Waals surface area contributed by atoms with E-state index in [1.54, 1.807) is 12.1 Å². The van der Waals surface area contributed by atoms with Crippen molar-refractivity contribution in [2.45, 2.75) is 6.92 Å². The molecule has 0 saturated carbocycles. The number of hydrogen-bond donors (Lipinski definition) is 2. The quantitative estimate of drug-likeness (QED) is 0.850. The highest BCUT2D eigenvalue weighted by Crippen LogP contribution is 2.19. The molecule has 1 heterocycles. The van der Waals surface area contributed by atoms with Gasteiger partial charge in [-0.25, -0.2) is 4.98 Å². The molecule has 0 atom stereocenters. The van der Waals surface area contributed by atoms with Crippen molar-refractivity contribution in [3.63, 3.8) is 0 Å². The summed E-state index contributed by atoms with van der Waals surface area (Å²) >= 11 is 0. The molecular weight excluding hydrogens is 294 g/mol. The topological polar surface area (TPSA) is 79.4 Å². The third-order valence-electron chi connectivity index (χ3n) is 3.00. The monoisotopic (exact) mass is 315 g/mol. The van der Waals surface area contributed by atoms with E-state index in [1.165, 1.54) is 7.11 Å². The molecule has 23 heavy (non-hydrogen) atoms. The molecule has 0 unspecified atom stereocenters. The van der Waals surface area contributed by atoms with E-state index < -0.39 is 0 Å². The van der Waals surface area contributed by atoms with Crippen LogP contribution in [-0.4, -0.2) is 43.7 Å². The zero-order valence-corrected chi connectivity index (χ0v) is 13.8. The van der Waals surface area contributed by atoms with Crippen LogP contribution in [0.4, 0.5) is 23.1 Å². The van der Waals surface area contributed by atoms with E-state index in [2.05, 4.69) is 20.6 Å². The molecule has 2 N–H and O–H groups in total. The zero-order valence-electron chi connectivity index (χ0n) is 13.8. The Kier molecular flexibility index (Phi) is 5.48. The van der Waals surface area contributed by atoms with Gasteiger partial charge in [0, 0.05) is 44.3 Å². The minimum Gasteiger partial charge on any atom is -0.375 e. The van der Waals surface area contributed by atoms with E-state index in [1.807, 2.05) is 44.1 Å². The third-order valence-corrected chi connectivity index (χ3v) is 3.00. The molecule has 0 fully saturated rings. The smallest absolute Gasteiger partial charge is 0.250 e. The fourth-order valence-corrected chi connectivity index (χ4v) is 1.93. The van der Waals surface area contributed by atoms with Gasteiger partial charge in [0.25, 0.3) is 0 Å². The summed E-state index contributed by atoms with van der Waals surface area (Å²) in [5.41, 5.74) is 2.43. The predicted octanol–water partition coefficient (Wildman–Crippen LogP) is 2.18. The van der Waals surface area contributed by atoms with Gasteiger partial charge in [-0.2, -0.15) is 4.98 Å². The van der Waals surface area contributed by atoms with Crippen molar-refractivity contribution in [2.24, 2.45) is 0 Å². The highest BCUT2D eigenvalue weighted by Gasteiger charge is 2.05. The number of rotatable bonds is 6. The molecule has 0 aliphatic heterocycles. The van der Waals surface area contributed by atoms with Crippen molar-refractivity contribution in [3.8, 4) is 0 Å². The summed E-state index contributed by atoms with van der Waals surface area (Å²) in [6, 6.07) is 9.23. The lowest BCUT2D eigenvalue weighted by atomic mass is 10.3. The highest BCUT2D eigenvalue weighted by atomic mass is 16.5. The number of methoxy groups -OCH3 is 1. The maximum atomic E-state index is 11.5. The maximum absolute atomic E-state index is 11.5. The van der Waals surface area contributed by atoms with Crippen LogP contribution in [0.2, 0.25) is 0 Å². The first-order valence-electron chi connectivity index (χ1n) is 7.17. The first-order chi connectivity index (χ1) is 11.0. The fourth-order valence-electron chi connectivity index (χ4n) is 1.93. The molecular formula is C16H21N5O2. The second-order valence-corrected chi connectivity index (χ2v) is 5.27. The number of aromatic nitrogens is 2. The Morgan fingerprint density at radius 2 is 1.83 bits per heavy atom. The molecule has 1 aromatic carbocycles. The summed E-state index contributed by atoms with van der Waals surface area (Å²) in [6.45, 7) is 1.96. The molecule has 0 spiro atoms. The van der Waals surface area contributed by atoms with Gasteiger partial charge in [-0.05, 0) is 31.2 Å². The Morgan fingerprint density at radius 1 is 1.17 bits per heavy atom. The lowest BCUT2D eigenvalue weighted by molar-refractivity contribution is -0.119. The first kappa shape index (κ1) is 16.7. The molecule has 0 aliphatic rings. The van der Waals surface area contributed by atoms with E-state index in [0.717, 1.165) is 17.2 Å². The van der Waals surface area contributed by atoms with Gasteiger partial charge in [0.2, 0.25) is 11.9 Å². The maximum Gasteiger partial charge on any atom is 0.250 e. The van der Waals surface area contributed by atoms with E-state index >= 15 is 0 Å². The summed E-state index contributed by atoms with van der Waals surface area (Å²) in [5, 5.41) is 5.90. The van der Waals surface area contributed by atoms with Crippen LogP contribution in [0.15, 0.2) is 30.3 Å². The zero-order chi connectivity index (χ0) is 16.8. The standard InChI is InChI=1S/C16H21N5O2/c1-11-9-14(21(2)3)20-16(17-11)19-13-7-5-12(6-8-13)18-15(22)10-23-4/h5-9H,10H2,1-4H3,(H,18,22)(H,17,19,20). The average molecular weight is 315 g/mol. The summed E-state index contributed by atoms with van der Waals surface area (Å²) in [7, 11) is 5.35. The molecule has 1 aromatic heterocycles. The summed E-state index contributed by atoms with van der Waals surface area (Å²) in [5.74, 6) is 1.18. The normalized spacial score (nSPS) is 10.3. The predicted molar refractivity (Wildman–Crippen MR) is 91.3 cm³/mol. The molecule has 7 heteroatoms. The molecule has 122 valence electrons. The molecule has 0 saturated heterocycles. The summed E-state index contributed by atoms with van der Waals surface area (Å²) in [4.78, 5) is 22.2. The van der Waals surface area contributed by atoms with Gasteiger partial charge in [-0.1, -0.05) is 0 Å². The lowest BCUT2D eigenvalue weighted by Crippen LogP contribution is -2.16. The molecule has 0 bridgehead atoms. The third kappa shape index (κ3) is 4.93. The second kappa shape index (κ2) is 7.55. The van der Waals surface area contributed by atoms with E-state index in [0.29, 0.717) is 11.6 Å². The molecule has 0 radical (unpaired) electrons. The van der Waals surface area contributed by atoms with Gasteiger partial charge in [0.1, 0.15) is 12.4 Å². The van der Waals surface area contributed by atoms with Crippen molar-refractivity contribution < 1.29 is 9.53 Å². The van der Waals surface area contributed by atoms with Crippen molar-refractivity contribution >= 4 is 29.0 Å². The van der Waals surface area contributed by atoms with Crippen LogP contribution in [0.1, 0.15) is 5.69 Å². The van der Waals surface area contributed by atoms with E-state index in [4.69, 9.17) is 4.74 Å². The summed E-state index contributed by atoms with van der Waals surface area (Å²) in [6.07, 6.45) is 0. The molecule has 0 aliphatic carbocycles. The van der Waals surface area contributed by atoms with Crippen molar-refractivity contribution in [2.75, 3.05) is 43.3 Å². The molecule has 2 aromatic rings. The number of ether oxygens (including phenoxy) is 1. The Hall–Kier alpha value is -2.67. The number of anilines is 4. The fraction of sp³-hybridized carbons (Fsp3) is 0.312. The van der Waals surface area contributed by atoms with Crippen LogP contribution in [0.25, 0.3) is 0 Å². The van der Waals surface area contributed by atoms with Crippen LogP contribution in [0.5, 0.6) is 0 Å². The number of benzene rings is 1. The van der Waals surface area contributed by atoms with Gasteiger partial charge in [-0.3, -0.25) is 4.79 Å². The number of amides is 1. The molecule has 1 amide bonds. The number of hydrogen-bond acceptors (Lipinski definition) is 6. The Morgan fingerprint density at radius 3 is 2.43 bits per heavy atom. The average Bonchev–Trinajstić information content (AvgIpc) is 2.49. The minimum atomic E-state index is -0.189. The van der Waals surface area contributed by atoms with Crippen molar-refractivity contribution in [3.05, 3.63) is 36.0 Å². The molecule has 7 nitrogen and oxygen atoms in total. The van der Waals surface area contributed by atoms with Crippen LogP contribution in [0, 0.1) is 6.92 Å². The highest BCUT2D eigenvalue weighted by molar-refractivity contribution is 5.91. The van der Waals surface area contributed by atoms with Crippen molar-refractivity contribution in [1.82, 2.24) is 9.97 Å². The molecule has 2 rings (SSSR count). The number of nitrogens with one attached hydrogen (secondary N) is 2. The van der Waals surface area contributed by atoms with Crippen molar-refractivity contribution in [1.29, 1.82) is 0 Å². The summed E-state index contributed by atoms with van der Waals surface area (Å²) < 4.78 is 4.78. The van der Waals surface area contributed by atoms with Crippen LogP contribution in [0.3, 0.4) is 0 Å². The van der Waals surface area contributed by atoms with Gasteiger partial charge >= 0.3 is 0 Å². The number of aryl methyl sites for hydroxylation is 1. The van der Waals surface area contributed by atoms with Crippen LogP contribution >= 0.6 is 0 Å². The SMILES string of the molecule is COCC(=O)Nc1ccc(Nc2nc(C)cc(N(C)C)n2)cc1. The minimum absolute atomic E-state index is 0.0322. The second-order valence-electron chi connectivity index (χ2n) is 5.27. The van der Waals surface area contributed by atoms with E-state index in [9.17, 15) is 4.79 Å². The lowest BCUT2D eigenvalue weighted by Gasteiger charge is -2.14. The first-order valence-corrected chi connectivity index (χ1v) is 7.17. The largest absolute Gasteiger partial charge is 0.375 e. The van der Waals surface area contributed by atoms with Crippen LogP contribution in [-0.2, 0) is 9.53 Å². The van der Waals surface area contributed by atoms with Gasteiger partial charge in [0.15, 0.2) is 0 Å².